The van der Waals surface area contributed by atoms with Gasteiger partial charge in [0.05, 0.1) is 5.88 Å². The molecule has 0 fully saturated rings. The van der Waals surface area contributed by atoms with Gasteiger partial charge in [-0.2, -0.15) is 11.8 Å². The largest absolute Gasteiger partial charge is 0.460 e. The van der Waals surface area contributed by atoms with Gasteiger partial charge in [-0.1, -0.05) is 76.9 Å². The molecule has 21 heteroatoms. The lowest BCUT2D eigenvalue weighted by atomic mass is 10.2. The van der Waals surface area contributed by atoms with Crippen molar-refractivity contribution in [2.45, 2.75) is 61.8 Å². The molecule has 1 rings (SSSR count). The van der Waals surface area contributed by atoms with Gasteiger partial charge in [0.1, 0.15) is 43.5 Å². The van der Waals surface area contributed by atoms with Crippen LogP contribution in [0.3, 0.4) is 0 Å². The summed E-state index contributed by atoms with van der Waals surface area (Å²) in [7, 11) is 2.78. The van der Waals surface area contributed by atoms with Crippen molar-refractivity contribution in [1.82, 2.24) is 25.8 Å². The summed E-state index contributed by atoms with van der Waals surface area (Å²) in [5.41, 5.74) is -0.113. The Hall–Kier alpha value is -2.77. The van der Waals surface area contributed by atoms with Crippen molar-refractivity contribution in [3.63, 3.8) is 0 Å². The lowest BCUT2D eigenvalue weighted by Crippen LogP contribution is -2.55. The monoisotopic (exact) mass is 861 g/mol. The van der Waals surface area contributed by atoms with Crippen LogP contribution in [-0.4, -0.2) is 135 Å². The van der Waals surface area contributed by atoms with E-state index in [-0.39, 0.29) is 35.6 Å². The van der Waals surface area contributed by atoms with Crippen molar-refractivity contribution in [3.05, 3.63) is 35.9 Å². The second kappa shape index (κ2) is 23.9. The summed E-state index contributed by atoms with van der Waals surface area (Å²) < 4.78 is 13.5. The predicted octanol–water partition coefficient (Wildman–Crippen LogP) is 3.82. The van der Waals surface area contributed by atoms with Crippen molar-refractivity contribution in [3.8, 4) is 0 Å². The van der Waals surface area contributed by atoms with E-state index in [2.05, 4.69) is 16.0 Å². The number of alkyl halides is 3. The number of rotatable bonds is 19. The van der Waals surface area contributed by atoms with Crippen LogP contribution in [0.25, 0.3) is 0 Å². The van der Waals surface area contributed by atoms with Crippen molar-refractivity contribution in [1.29, 1.82) is 0 Å². The fraction of sp³-hybridized carbons (Fsp3) is 0.594. The first-order valence-corrected chi connectivity index (χ1v) is 20.5. The van der Waals surface area contributed by atoms with Gasteiger partial charge in [-0.25, -0.2) is 14.4 Å². The highest BCUT2D eigenvalue weighted by Gasteiger charge is 2.36. The first-order valence-electron chi connectivity index (χ1n) is 15.8. The zero-order chi connectivity index (χ0) is 40.4. The number of alkyl carbamates (subject to hydrolysis) is 2. The molecule has 0 aliphatic rings. The average Bonchev–Trinajstić information content (AvgIpc) is 3.07. The SMILES string of the molecule is CSC[C@@H](C(=O)SC[C@@H](NC(=O)OCc1ccccc1)C(=O)OCC(Cl)(Cl)Cl)N(C)C(=O)[C@H](CSCNC(C)=O)N(C)C(=O)CNC(=O)OC(C)(C)C. The number of hydrogen-bond acceptors (Lipinski definition) is 13. The van der Waals surface area contributed by atoms with E-state index in [4.69, 9.17) is 49.0 Å². The Balaban J connectivity index is 3.15. The number of carbonyl (C=O) groups is 7. The van der Waals surface area contributed by atoms with Crippen LogP contribution in [0.4, 0.5) is 9.59 Å². The number of halogens is 3. The summed E-state index contributed by atoms with van der Waals surface area (Å²) >= 11 is 20.3. The van der Waals surface area contributed by atoms with E-state index in [0.717, 1.165) is 4.90 Å². The number of thioether (sulfide) groups is 3. The van der Waals surface area contributed by atoms with Crippen molar-refractivity contribution in [2.75, 3.05) is 56.6 Å². The Morgan fingerprint density at radius 2 is 1.49 bits per heavy atom. The van der Waals surface area contributed by atoms with Crippen LogP contribution in [0.5, 0.6) is 0 Å². The van der Waals surface area contributed by atoms with Crippen LogP contribution in [0.1, 0.15) is 33.3 Å². The number of nitrogens with one attached hydrogen (secondary N) is 3. The summed E-state index contributed by atoms with van der Waals surface area (Å²) in [6.07, 6.45) is -0.0713. The molecule has 0 radical (unpaired) electrons. The number of esters is 1. The summed E-state index contributed by atoms with van der Waals surface area (Å²) in [5, 5.41) is 6.81. The van der Waals surface area contributed by atoms with Crippen LogP contribution in [0.2, 0.25) is 0 Å². The summed E-state index contributed by atoms with van der Waals surface area (Å²) in [4.78, 5) is 92.3. The minimum Gasteiger partial charge on any atom is -0.460 e. The fourth-order valence-electron chi connectivity index (χ4n) is 3.91. The van der Waals surface area contributed by atoms with Crippen LogP contribution in [0.15, 0.2) is 30.3 Å². The molecule has 53 heavy (non-hydrogen) atoms. The molecule has 0 unspecified atom stereocenters. The van der Waals surface area contributed by atoms with E-state index < -0.39 is 75.8 Å². The average molecular weight is 863 g/mol. The van der Waals surface area contributed by atoms with Gasteiger partial charge in [0.25, 0.3) is 0 Å². The lowest BCUT2D eigenvalue weighted by molar-refractivity contribution is -0.145. The molecule has 3 atom stereocenters. The molecule has 0 spiro atoms. The molecule has 0 aliphatic heterocycles. The van der Waals surface area contributed by atoms with Gasteiger partial charge >= 0.3 is 18.2 Å². The Kier molecular flexibility index (Phi) is 21.8. The van der Waals surface area contributed by atoms with E-state index in [1.54, 1.807) is 57.4 Å². The number of hydrogen-bond donors (Lipinski definition) is 3. The molecule has 298 valence electrons. The van der Waals surface area contributed by atoms with Crippen molar-refractivity contribution < 1.29 is 47.8 Å². The summed E-state index contributed by atoms with van der Waals surface area (Å²) in [5.74, 6) is -2.57. The van der Waals surface area contributed by atoms with Gasteiger partial charge in [-0.3, -0.25) is 19.2 Å². The highest BCUT2D eigenvalue weighted by atomic mass is 35.6. The third-order valence-corrected chi connectivity index (χ3v) is 9.53. The summed E-state index contributed by atoms with van der Waals surface area (Å²) in [6, 6.07) is 5.18. The van der Waals surface area contributed by atoms with Gasteiger partial charge in [-0.15, -0.1) is 11.8 Å². The zero-order valence-electron chi connectivity index (χ0n) is 30.4. The second-order valence-corrected chi connectivity index (χ2v) is 17.6. The number of carbonyl (C=O) groups excluding carboxylic acids is 7. The van der Waals surface area contributed by atoms with E-state index in [1.165, 1.54) is 49.4 Å². The highest BCUT2D eigenvalue weighted by molar-refractivity contribution is 8.14. The molecule has 0 aliphatic carbocycles. The van der Waals surface area contributed by atoms with Gasteiger partial charge in [0.15, 0.2) is 0 Å². The zero-order valence-corrected chi connectivity index (χ0v) is 35.1. The Morgan fingerprint density at radius 3 is 2.06 bits per heavy atom. The van der Waals surface area contributed by atoms with E-state index in [0.29, 0.717) is 17.3 Å². The van der Waals surface area contributed by atoms with Crippen LogP contribution in [0, 0.1) is 0 Å². The van der Waals surface area contributed by atoms with E-state index in [9.17, 15) is 33.6 Å². The topological polar surface area (TPSA) is 190 Å². The quantitative estimate of drug-likeness (QED) is 0.0599. The molecule has 5 amide bonds. The number of likely N-dealkylation sites (N-methyl/N-ethyl adjacent to an activating group) is 2. The van der Waals surface area contributed by atoms with E-state index >= 15 is 0 Å². The molecule has 0 saturated carbocycles. The van der Waals surface area contributed by atoms with Crippen LogP contribution in [-0.2, 0) is 44.8 Å². The number of benzene rings is 1. The van der Waals surface area contributed by atoms with Crippen molar-refractivity contribution in [2.24, 2.45) is 0 Å². The smallest absolute Gasteiger partial charge is 0.408 e. The summed E-state index contributed by atoms with van der Waals surface area (Å²) in [6.45, 7) is 5.11. The second-order valence-electron chi connectivity index (χ2n) is 12.2. The third-order valence-electron chi connectivity index (χ3n) is 6.60. The first kappa shape index (κ1) is 48.2. The first-order chi connectivity index (χ1) is 24.6. The van der Waals surface area contributed by atoms with E-state index in [1.807, 2.05) is 0 Å². The van der Waals surface area contributed by atoms with Gasteiger partial charge in [0, 0.05) is 38.3 Å². The maximum atomic E-state index is 14.0. The molecule has 0 aromatic heterocycles. The Bertz CT molecular complexity index is 1400. The minimum atomic E-state index is -1.94. The predicted molar refractivity (Wildman–Crippen MR) is 209 cm³/mol. The maximum Gasteiger partial charge on any atom is 0.408 e. The normalized spacial score (nSPS) is 13.0. The molecule has 1 aromatic carbocycles. The fourth-order valence-corrected chi connectivity index (χ4v) is 6.86. The van der Waals surface area contributed by atoms with Gasteiger partial charge in [0.2, 0.25) is 26.6 Å². The molecular formula is C32H46Cl3N5O10S3. The molecule has 0 bridgehead atoms. The van der Waals surface area contributed by atoms with Gasteiger partial charge in [-0.05, 0) is 32.6 Å². The molecule has 3 N–H and O–H groups in total. The number of nitrogens with zero attached hydrogens (tertiary/aromatic N) is 2. The molecule has 0 heterocycles. The minimum absolute atomic E-state index is 0.0254. The third kappa shape index (κ3) is 20.5. The molecule has 15 nitrogen and oxygen atoms in total. The standard InChI is InChI=1S/C32H46Cl3N5O10S3/c1-20(41)37-19-52-17-23(39(5)25(42)13-36-29(46)50-31(2,3)4)26(43)40(6)24(16-51-7)28(45)53-15-22(27(44)49-18-32(33,34)35)38-30(47)48-14-21-11-9-8-10-12-21/h8-12,22-24H,13-19H2,1-7H3,(H,36,46)(H,37,41)(H,38,47)/t22-,23+,24+/m1/s1. The van der Waals surface area contributed by atoms with Crippen LogP contribution < -0.4 is 16.0 Å². The Morgan fingerprint density at radius 1 is 0.849 bits per heavy atom. The number of amides is 5. The van der Waals surface area contributed by atoms with Crippen molar-refractivity contribution >= 4 is 111 Å². The lowest BCUT2D eigenvalue weighted by Gasteiger charge is -2.34. The van der Waals surface area contributed by atoms with Gasteiger partial charge < -0.3 is 40.0 Å². The number of ether oxygens (including phenoxy) is 3. The molecule has 0 saturated heterocycles. The molecule has 1 aromatic rings. The Labute approximate surface area is 337 Å². The molecular weight excluding hydrogens is 817 g/mol. The highest BCUT2D eigenvalue weighted by Crippen LogP contribution is 2.26. The maximum absolute atomic E-state index is 14.0. The van der Waals surface area contributed by atoms with Crippen LogP contribution >= 0.6 is 70.1 Å².